The van der Waals surface area contributed by atoms with Gasteiger partial charge in [-0.2, -0.15) is 13.2 Å². The van der Waals surface area contributed by atoms with E-state index < -0.39 is 17.8 Å². The van der Waals surface area contributed by atoms with Crippen molar-refractivity contribution in [2.75, 3.05) is 27.3 Å². The quantitative estimate of drug-likeness (QED) is 0.446. The fourth-order valence-electron chi connectivity index (χ4n) is 2.71. The zero-order valence-corrected chi connectivity index (χ0v) is 17.1. The molecule has 164 valence electrons. The SMILES string of the molecule is CCNC(=NCc1ccc(C(F)(F)F)cc1)NCC(O)c1cc(OC)ccc1OC. The summed E-state index contributed by atoms with van der Waals surface area (Å²) in [5, 5.41) is 16.6. The standard InChI is InChI=1S/C21H26F3N3O3/c1-4-25-20(26-12-14-5-7-15(8-6-14)21(22,23)24)27-13-18(28)17-11-16(29-2)9-10-19(17)30-3/h5-11,18,28H,4,12-13H2,1-3H3,(H2,25,26,27). The number of nitrogens with one attached hydrogen (secondary N) is 2. The summed E-state index contributed by atoms with van der Waals surface area (Å²) in [6.45, 7) is 2.79. The van der Waals surface area contributed by atoms with Crippen LogP contribution in [0.5, 0.6) is 11.5 Å². The molecule has 1 atom stereocenters. The molecule has 0 heterocycles. The molecule has 0 fully saturated rings. The van der Waals surface area contributed by atoms with Crippen molar-refractivity contribution in [2.24, 2.45) is 4.99 Å². The molecule has 0 aliphatic carbocycles. The minimum atomic E-state index is -4.37. The Morgan fingerprint density at radius 1 is 1.07 bits per heavy atom. The maximum absolute atomic E-state index is 12.7. The zero-order chi connectivity index (χ0) is 22.1. The molecular weight excluding hydrogens is 399 g/mol. The molecule has 0 aromatic heterocycles. The van der Waals surface area contributed by atoms with Gasteiger partial charge in [-0.3, -0.25) is 0 Å². The lowest BCUT2D eigenvalue weighted by Gasteiger charge is -2.18. The average Bonchev–Trinajstić information content (AvgIpc) is 2.74. The molecule has 0 spiro atoms. The number of rotatable bonds is 8. The number of aliphatic hydroxyl groups excluding tert-OH is 1. The largest absolute Gasteiger partial charge is 0.497 e. The molecule has 0 amide bonds. The van der Waals surface area contributed by atoms with Crippen LogP contribution < -0.4 is 20.1 Å². The number of hydrogen-bond acceptors (Lipinski definition) is 4. The van der Waals surface area contributed by atoms with Crippen LogP contribution in [-0.2, 0) is 12.7 Å². The highest BCUT2D eigenvalue weighted by atomic mass is 19.4. The van der Waals surface area contributed by atoms with Gasteiger partial charge in [-0.05, 0) is 42.8 Å². The van der Waals surface area contributed by atoms with Crippen molar-refractivity contribution in [3.05, 3.63) is 59.2 Å². The highest BCUT2D eigenvalue weighted by molar-refractivity contribution is 5.79. The molecule has 0 saturated carbocycles. The normalized spacial score (nSPS) is 13.0. The summed E-state index contributed by atoms with van der Waals surface area (Å²) in [6.07, 6.45) is -5.26. The van der Waals surface area contributed by atoms with Crippen LogP contribution in [0.4, 0.5) is 13.2 Å². The van der Waals surface area contributed by atoms with E-state index in [2.05, 4.69) is 15.6 Å². The summed E-state index contributed by atoms with van der Waals surface area (Å²) in [4.78, 5) is 4.36. The second-order valence-corrected chi connectivity index (χ2v) is 6.39. The average molecular weight is 425 g/mol. The van der Waals surface area contributed by atoms with Crippen molar-refractivity contribution in [3.8, 4) is 11.5 Å². The van der Waals surface area contributed by atoms with Gasteiger partial charge < -0.3 is 25.2 Å². The predicted molar refractivity (Wildman–Crippen MR) is 109 cm³/mol. The summed E-state index contributed by atoms with van der Waals surface area (Å²) in [5.41, 5.74) is 0.494. The van der Waals surface area contributed by atoms with E-state index in [1.54, 1.807) is 18.2 Å². The number of methoxy groups -OCH3 is 2. The fourth-order valence-corrected chi connectivity index (χ4v) is 2.71. The van der Waals surface area contributed by atoms with Crippen molar-refractivity contribution in [1.82, 2.24) is 10.6 Å². The van der Waals surface area contributed by atoms with Crippen molar-refractivity contribution >= 4 is 5.96 Å². The van der Waals surface area contributed by atoms with E-state index in [9.17, 15) is 18.3 Å². The maximum atomic E-state index is 12.7. The number of nitrogens with zero attached hydrogens (tertiary/aromatic N) is 1. The smallest absolute Gasteiger partial charge is 0.416 e. The summed E-state index contributed by atoms with van der Waals surface area (Å²) in [5.74, 6) is 1.54. The van der Waals surface area contributed by atoms with Crippen LogP contribution in [0, 0.1) is 0 Å². The lowest BCUT2D eigenvalue weighted by atomic mass is 10.1. The van der Waals surface area contributed by atoms with Gasteiger partial charge in [0, 0.05) is 18.7 Å². The van der Waals surface area contributed by atoms with Gasteiger partial charge in [-0.15, -0.1) is 0 Å². The van der Waals surface area contributed by atoms with E-state index in [0.29, 0.717) is 35.1 Å². The van der Waals surface area contributed by atoms with E-state index in [1.807, 2.05) is 6.92 Å². The van der Waals surface area contributed by atoms with Gasteiger partial charge in [-0.25, -0.2) is 4.99 Å². The van der Waals surface area contributed by atoms with E-state index in [-0.39, 0.29) is 13.1 Å². The fraction of sp³-hybridized carbons (Fsp3) is 0.381. The number of halogens is 3. The van der Waals surface area contributed by atoms with E-state index >= 15 is 0 Å². The molecule has 0 aliphatic heterocycles. The van der Waals surface area contributed by atoms with Crippen molar-refractivity contribution in [2.45, 2.75) is 25.7 Å². The molecule has 2 aromatic rings. The molecule has 0 bridgehead atoms. The summed E-state index contributed by atoms with van der Waals surface area (Å²) < 4.78 is 48.5. The van der Waals surface area contributed by atoms with Gasteiger partial charge in [0.1, 0.15) is 11.5 Å². The molecule has 2 rings (SSSR count). The first-order valence-electron chi connectivity index (χ1n) is 9.36. The first-order valence-corrected chi connectivity index (χ1v) is 9.36. The van der Waals surface area contributed by atoms with Crippen molar-refractivity contribution in [1.29, 1.82) is 0 Å². The Labute approximate surface area is 173 Å². The lowest BCUT2D eigenvalue weighted by molar-refractivity contribution is -0.137. The van der Waals surface area contributed by atoms with Crippen LogP contribution in [0.2, 0.25) is 0 Å². The zero-order valence-electron chi connectivity index (χ0n) is 17.1. The Morgan fingerprint density at radius 2 is 1.77 bits per heavy atom. The monoisotopic (exact) mass is 425 g/mol. The number of guanidine groups is 1. The highest BCUT2D eigenvalue weighted by Crippen LogP contribution is 2.30. The first kappa shape index (κ1) is 23.3. The number of aliphatic imine (C=N–C) groups is 1. The third-order valence-corrected chi connectivity index (χ3v) is 4.30. The number of ether oxygens (including phenoxy) is 2. The van der Waals surface area contributed by atoms with Crippen molar-refractivity contribution < 1.29 is 27.8 Å². The minimum Gasteiger partial charge on any atom is -0.497 e. The maximum Gasteiger partial charge on any atom is 0.416 e. The van der Waals surface area contributed by atoms with Gasteiger partial charge in [0.15, 0.2) is 5.96 Å². The second-order valence-electron chi connectivity index (χ2n) is 6.39. The Morgan fingerprint density at radius 3 is 2.33 bits per heavy atom. The minimum absolute atomic E-state index is 0.141. The van der Waals surface area contributed by atoms with Crippen molar-refractivity contribution in [3.63, 3.8) is 0 Å². The molecule has 0 aliphatic rings. The molecular formula is C21H26F3N3O3. The molecule has 2 aromatic carbocycles. The van der Waals surface area contributed by atoms with Gasteiger partial charge in [0.2, 0.25) is 0 Å². The number of alkyl halides is 3. The van der Waals surface area contributed by atoms with Crippen LogP contribution in [0.25, 0.3) is 0 Å². The van der Waals surface area contributed by atoms with Crippen LogP contribution in [0.15, 0.2) is 47.5 Å². The van der Waals surface area contributed by atoms with E-state index in [1.165, 1.54) is 26.4 Å². The predicted octanol–water partition coefficient (Wildman–Crippen LogP) is 3.51. The van der Waals surface area contributed by atoms with Gasteiger partial charge in [0.25, 0.3) is 0 Å². The Bertz CT molecular complexity index is 840. The van der Waals surface area contributed by atoms with Gasteiger partial charge >= 0.3 is 6.18 Å². The molecule has 30 heavy (non-hydrogen) atoms. The van der Waals surface area contributed by atoms with E-state index in [4.69, 9.17) is 9.47 Å². The van der Waals surface area contributed by atoms with E-state index in [0.717, 1.165) is 12.1 Å². The highest BCUT2D eigenvalue weighted by Gasteiger charge is 2.29. The Balaban J connectivity index is 2.05. The lowest BCUT2D eigenvalue weighted by Crippen LogP contribution is -2.39. The third-order valence-electron chi connectivity index (χ3n) is 4.30. The molecule has 0 saturated heterocycles. The Kier molecular flexibility index (Phi) is 8.35. The summed E-state index contributed by atoms with van der Waals surface area (Å²) in [6, 6.07) is 9.99. The topological polar surface area (TPSA) is 75.1 Å². The van der Waals surface area contributed by atoms with Crippen LogP contribution in [0.3, 0.4) is 0 Å². The second kappa shape index (κ2) is 10.7. The first-order chi connectivity index (χ1) is 14.3. The number of aliphatic hydroxyl groups is 1. The molecule has 3 N–H and O–H groups in total. The molecule has 0 radical (unpaired) electrons. The molecule has 6 nitrogen and oxygen atoms in total. The summed E-state index contributed by atoms with van der Waals surface area (Å²) in [7, 11) is 3.05. The Hall–Kier alpha value is -2.94. The van der Waals surface area contributed by atoms with Gasteiger partial charge in [-0.1, -0.05) is 12.1 Å². The van der Waals surface area contributed by atoms with Crippen LogP contribution >= 0.6 is 0 Å². The summed E-state index contributed by atoms with van der Waals surface area (Å²) >= 11 is 0. The number of hydrogen-bond donors (Lipinski definition) is 3. The van der Waals surface area contributed by atoms with Crippen LogP contribution in [0.1, 0.15) is 29.7 Å². The molecule has 1 unspecified atom stereocenters. The molecule has 9 heteroatoms. The number of benzene rings is 2. The van der Waals surface area contributed by atoms with Gasteiger partial charge in [0.05, 0.1) is 32.4 Å². The third kappa shape index (κ3) is 6.55. The van der Waals surface area contributed by atoms with Crippen LogP contribution in [-0.4, -0.2) is 38.4 Å².